The van der Waals surface area contributed by atoms with Crippen LogP contribution in [0.1, 0.15) is 0 Å². The average Bonchev–Trinajstić information content (AvgIpc) is 2.28. The molecule has 0 fully saturated rings. The molecule has 0 aliphatic rings. The number of nitrogens with one attached hydrogen (secondary N) is 1. The molecule has 15 heavy (non-hydrogen) atoms. The molecule has 1 rings (SSSR count). The van der Waals surface area contributed by atoms with Gasteiger partial charge in [-0.3, -0.25) is 0 Å². The lowest BCUT2D eigenvalue weighted by Crippen LogP contribution is -2.31. The van der Waals surface area contributed by atoms with E-state index in [4.69, 9.17) is 11.2 Å². The molecule has 0 aliphatic heterocycles. The van der Waals surface area contributed by atoms with E-state index < -0.39 is 6.10 Å². The summed E-state index contributed by atoms with van der Waals surface area (Å²) in [5.41, 5.74) is 0. The summed E-state index contributed by atoms with van der Waals surface area (Å²) in [7, 11) is 0. The maximum absolute atomic E-state index is 9.48. The van der Waals surface area contributed by atoms with Gasteiger partial charge in [-0.1, -0.05) is 24.1 Å². The first kappa shape index (κ1) is 11.6. The van der Waals surface area contributed by atoms with Gasteiger partial charge in [-0.25, -0.2) is 0 Å². The van der Waals surface area contributed by atoms with Crippen LogP contribution in [0.5, 0.6) is 5.75 Å². The van der Waals surface area contributed by atoms with Gasteiger partial charge in [0.05, 0.1) is 6.54 Å². The Morgan fingerprint density at radius 3 is 2.80 bits per heavy atom. The van der Waals surface area contributed by atoms with Crippen molar-refractivity contribution in [3.05, 3.63) is 30.3 Å². The van der Waals surface area contributed by atoms with Gasteiger partial charge in [0.1, 0.15) is 18.5 Å². The zero-order chi connectivity index (χ0) is 10.9. The molecule has 0 aromatic heterocycles. The van der Waals surface area contributed by atoms with Gasteiger partial charge in [0.2, 0.25) is 0 Å². The van der Waals surface area contributed by atoms with Crippen LogP contribution < -0.4 is 10.1 Å². The first-order valence-corrected chi connectivity index (χ1v) is 4.83. The summed E-state index contributed by atoms with van der Waals surface area (Å²) in [4.78, 5) is 0. The Kier molecular flexibility index (Phi) is 5.31. The summed E-state index contributed by atoms with van der Waals surface area (Å²) in [6.07, 6.45) is 4.51. The normalized spacial score (nSPS) is 11.7. The Bertz CT molecular complexity index is 305. The molecule has 0 spiro atoms. The minimum absolute atomic E-state index is 0.265. The summed E-state index contributed by atoms with van der Waals surface area (Å²) in [6, 6.07) is 9.39. The number of hydrogen-bond acceptors (Lipinski definition) is 3. The van der Waals surface area contributed by atoms with Crippen LogP contribution in [0.2, 0.25) is 0 Å². The third-order valence-electron chi connectivity index (χ3n) is 1.79. The summed E-state index contributed by atoms with van der Waals surface area (Å²) >= 11 is 0. The molecule has 2 N–H and O–H groups in total. The van der Waals surface area contributed by atoms with Crippen molar-refractivity contribution in [2.24, 2.45) is 0 Å². The van der Waals surface area contributed by atoms with E-state index in [1.54, 1.807) is 0 Å². The predicted octanol–water partition coefficient (Wildman–Crippen LogP) is 0.649. The van der Waals surface area contributed by atoms with Crippen LogP contribution >= 0.6 is 0 Å². The largest absolute Gasteiger partial charge is 0.491 e. The number of aliphatic hydroxyl groups is 1. The van der Waals surface area contributed by atoms with Gasteiger partial charge >= 0.3 is 0 Å². The molecule has 1 aromatic carbocycles. The first-order valence-electron chi connectivity index (χ1n) is 4.83. The Balaban J connectivity index is 2.17. The standard InChI is InChI=1S/C12H15NO2/c1-2-8-13-9-11(14)10-15-12-6-4-3-5-7-12/h1,3-7,11,13-14H,8-10H2. The van der Waals surface area contributed by atoms with Crippen molar-refractivity contribution < 1.29 is 9.84 Å². The van der Waals surface area contributed by atoms with Crippen LogP contribution in [0.4, 0.5) is 0 Å². The summed E-state index contributed by atoms with van der Waals surface area (Å²) in [6.45, 7) is 1.17. The van der Waals surface area contributed by atoms with E-state index in [0.717, 1.165) is 5.75 Å². The molecule has 0 aliphatic carbocycles. The lowest BCUT2D eigenvalue weighted by Gasteiger charge is -2.12. The summed E-state index contributed by atoms with van der Waals surface area (Å²) < 4.78 is 5.36. The zero-order valence-corrected chi connectivity index (χ0v) is 8.52. The van der Waals surface area contributed by atoms with E-state index in [1.165, 1.54) is 0 Å². The highest BCUT2D eigenvalue weighted by Crippen LogP contribution is 2.08. The number of ether oxygens (including phenoxy) is 1. The minimum Gasteiger partial charge on any atom is -0.491 e. The van der Waals surface area contributed by atoms with E-state index in [2.05, 4.69) is 11.2 Å². The van der Waals surface area contributed by atoms with Gasteiger partial charge in [0, 0.05) is 6.54 Å². The van der Waals surface area contributed by atoms with Gasteiger partial charge in [0.15, 0.2) is 0 Å². The van der Waals surface area contributed by atoms with E-state index in [0.29, 0.717) is 13.1 Å². The molecule has 0 bridgehead atoms. The third-order valence-corrected chi connectivity index (χ3v) is 1.79. The minimum atomic E-state index is -0.543. The summed E-state index contributed by atoms with van der Waals surface area (Å²) in [5.74, 6) is 3.19. The summed E-state index contributed by atoms with van der Waals surface area (Å²) in [5, 5.41) is 12.4. The van der Waals surface area contributed by atoms with Crippen molar-refractivity contribution in [1.29, 1.82) is 0 Å². The van der Waals surface area contributed by atoms with Gasteiger partial charge < -0.3 is 15.2 Å². The second-order valence-electron chi connectivity index (χ2n) is 3.11. The average molecular weight is 205 g/mol. The molecule has 0 radical (unpaired) electrons. The highest BCUT2D eigenvalue weighted by atomic mass is 16.5. The van der Waals surface area contributed by atoms with Crippen LogP contribution in [-0.2, 0) is 0 Å². The Morgan fingerprint density at radius 1 is 1.40 bits per heavy atom. The van der Waals surface area contributed by atoms with E-state index in [9.17, 15) is 5.11 Å². The Morgan fingerprint density at radius 2 is 2.13 bits per heavy atom. The van der Waals surface area contributed by atoms with E-state index >= 15 is 0 Å². The van der Waals surface area contributed by atoms with E-state index in [-0.39, 0.29) is 6.61 Å². The smallest absolute Gasteiger partial charge is 0.119 e. The predicted molar refractivity (Wildman–Crippen MR) is 59.6 cm³/mol. The lowest BCUT2D eigenvalue weighted by atomic mass is 10.3. The Labute approximate surface area is 90.1 Å². The van der Waals surface area contributed by atoms with Gasteiger partial charge in [-0.05, 0) is 12.1 Å². The number of hydrogen-bond donors (Lipinski definition) is 2. The molecule has 0 heterocycles. The topological polar surface area (TPSA) is 41.5 Å². The number of benzene rings is 1. The number of para-hydroxylation sites is 1. The second-order valence-corrected chi connectivity index (χ2v) is 3.11. The van der Waals surface area contributed by atoms with Crippen LogP contribution in [0.15, 0.2) is 30.3 Å². The molecule has 3 heteroatoms. The van der Waals surface area contributed by atoms with Crippen molar-refractivity contribution in [2.45, 2.75) is 6.10 Å². The molecular weight excluding hydrogens is 190 g/mol. The monoisotopic (exact) mass is 205 g/mol. The molecule has 1 unspecified atom stereocenters. The van der Waals surface area contributed by atoms with Crippen molar-refractivity contribution in [3.63, 3.8) is 0 Å². The van der Waals surface area contributed by atoms with Crippen LogP contribution in [0.3, 0.4) is 0 Å². The fourth-order valence-electron chi connectivity index (χ4n) is 1.08. The second kappa shape index (κ2) is 6.88. The lowest BCUT2D eigenvalue weighted by molar-refractivity contribution is 0.107. The van der Waals surface area contributed by atoms with E-state index in [1.807, 2.05) is 30.3 Å². The zero-order valence-electron chi connectivity index (χ0n) is 8.52. The maximum atomic E-state index is 9.48. The molecule has 3 nitrogen and oxygen atoms in total. The number of aliphatic hydroxyl groups excluding tert-OH is 1. The molecule has 1 aromatic rings. The van der Waals surface area contributed by atoms with Crippen molar-refractivity contribution >= 4 is 0 Å². The van der Waals surface area contributed by atoms with Crippen LogP contribution in [0, 0.1) is 12.3 Å². The fourth-order valence-corrected chi connectivity index (χ4v) is 1.08. The molecule has 80 valence electrons. The van der Waals surface area contributed by atoms with Gasteiger partial charge in [-0.2, -0.15) is 0 Å². The van der Waals surface area contributed by atoms with Crippen molar-refractivity contribution in [3.8, 4) is 18.1 Å². The molecule has 0 amide bonds. The molecule has 1 atom stereocenters. The molecule has 0 saturated heterocycles. The maximum Gasteiger partial charge on any atom is 0.119 e. The SMILES string of the molecule is C#CCNCC(O)COc1ccccc1. The first-order chi connectivity index (χ1) is 7.33. The van der Waals surface area contributed by atoms with Crippen molar-refractivity contribution in [1.82, 2.24) is 5.32 Å². The van der Waals surface area contributed by atoms with Crippen LogP contribution in [0.25, 0.3) is 0 Å². The van der Waals surface area contributed by atoms with Crippen LogP contribution in [-0.4, -0.2) is 30.9 Å². The highest BCUT2D eigenvalue weighted by molar-refractivity contribution is 5.20. The number of terminal acetylenes is 1. The fraction of sp³-hybridized carbons (Fsp3) is 0.333. The van der Waals surface area contributed by atoms with Gasteiger partial charge in [-0.15, -0.1) is 6.42 Å². The number of rotatable bonds is 6. The van der Waals surface area contributed by atoms with Gasteiger partial charge in [0.25, 0.3) is 0 Å². The Hall–Kier alpha value is -1.50. The van der Waals surface area contributed by atoms with Crippen molar-refractivity contribution in [2.75, 3.05) is 19.7 Å². The molecule has 0 saturated carbocycles. The molecular formula is C12H15NO2. The quantitative estimate of drug-likeness (QED) is 0.529. The third kappa shape index (κ3) is 5.06. The highest BCUT2D eigenvalue weighted by Gasteiger charge is 2.03.